The standard InChI is InChI=1S/C9H8Br2O/c10-7-4-5-12-9-6(7)2-1-3-8(9)11/h1-3,7H,4-5H2. The van der Waals surface area contributed by atoms with Crippen molar-refractivity contribution in [1.29, 1.82) is 0 Å². The van der Waals surface area contributed by atoms with E-state index in [0.717, 1.165) is 23.2 Å². The fourth-order valence-electron chi connectivity index (χ4n) is 1.34. The minimum Gasteiger partial charge on any atom is -0.492 e. The van der Waals surface area contributed by atoms with Crippen LogP contribution in [0.15, 0.2) is 22.7 Å². The third-order valence-electron chi connectivity index (χ3n) is 1.95. The Kier molecular flexibility index (Phi) is 2.42. The summed E-state index contributed by atoms with van der Waals surface area (Å²) in [4.78, 5) is 0.443. The summed E-state index contributed by atoms with van der Waals surface area (Å²) >= 11 is 7.08. The van der Waals surface area contributed by atoms with Crippen molar-refractivity contribution in [3.63, 3.8) is 0 Å². The lowest BCUT2D eigenvalue weighted by molar-refractivity contribution is 0.285. The van der Waals surface area contributed by atoms with Gasteiger partial charge < -0.3 is 4.74 Å². The minimum absolute atomic E-state index is 0.443. The molecule has 1 unspecified atom stereocenters. The van der Waals surface area contributed by atoms with E-state index >= 15 is 0 Å². The van der Waals surface area contributed by atoms with Gasteiger partial charge in [-0.05, 0) is 28.4 Å². The van der Waals surface area contributed by atoms with Gasteiger partial charge in [0, 0.05) is 10.4 Å². The second-order valence-corrected chi connectivity index (χ2v) is 4.72. The van der Waals surface area contributed by atoms with Crippen molar-refractivity contribution in [2.45, 2.75) is 11.2 Å². The van der Waals surface area contributed by atoms with Crippen molar-refractivity contribution >= 4 is 31.9 Å². The molecule has 1 aliphatic heterocycles. The zero-order valence-corrected chi connectivity index (χ0v) is 9.56. The molecule has 0 N–H and O–H groups in total. The minimum atomic E-state index is 0.443. The molecular formula is C9H8Br2O. The summed E-state index contributed by atoms with van der Waals surface area (Å²) in [7, 11) is 0. The average molecular weight is 292 g/mol. The predicted octanol–water partition coefficient (Wildman–Crippen LogP) is 3.67. The van der Waals surface area contributed by atoms with Crippen molar-refractivity contribution in [3.8, 4) is 5.75 Å². The van der Waals surface area contributed by atoms with Crippen molar-refractivity contribution in [2.75, 3.05) is 6.61 Å². The van der Waals surface area contributed by atoms with Crippen LogP contribution >= 0.6 is 31.9 Å². The van der Waals surface area contributed by atoms with Crippen molar-refractivity contribution in [1.82, 2.24) is 0 Å². The van der Waals surface area contributed by atoms with Crippen molar-refractivity contribution in [2.24, 2.45) is 0 Å². The molecule has 0 saturated carbocycles. The molecule has 1 atom stereocenters. The highest BCUT2D eigenvalue weighted by atomic mass is 79.9. The van der Waals surface area contributed by atoms with Crippen LogP contribution in [0.2, 0.25) is 0 Å². The van der Waals surface area contributed by atoms with Gasteiger partial charge >= 0.3 is 0 Å². The van der Waals surface area contributed by atoms with Gasteiger partial charge in [-0.2, -0.15) is 0 Å². The van der Waals surface area contributed by atoms with E-state index in [1.807, 2.05) is 12.1 Å². The van der Waals surface area contributed by atoms with Crippen LogP contribution in [0.5, 0.6) is 5.75 Å². The maximum absolute atomic E-state index is 5.55. The molecule has 0 amide bonds. The Bertz CT molecular complexity index is 299. The Balaban J connectivity index is 2.52. The molecule has 0 fully saturated rings. The summed E-state index contributed by atoms with van der Waals surface area (Å²) < 4.78 is 6.59. The number of hydrogen-bond donors (Lipinski definition) is 0. The smallest absolute Gasteiger partial charge is 0.137 e. The Labute approximate surface area is 88.4 Å². The quantitative estimate of drug-likeness (QED) is 0.663. The van der Waals surface area contributed by atoms with E-state index in [1.54, 1.807) is 0 Å². The molecule has 1 aromatic rings. The molecule has 2 rings (SSSR count). The van der Waals surface area contributed by atoms with Crippen molar-refractivity contribution < 1.29 is 4.74 Å². The first-order valence-electron chi connectivity index (χ1n) is 3.84. The fourth-order valence-corrected chi connectivity index (χ4v) is 2.39. The monoisotopic (exact) mass is 290 g/mol. The zero-order valence-electron chi connectivity index (χ0n) is 6.39. The molecule has 1 nitrogen and oxygen atoms in total. The van der Waals surface area contributed by atoms with Gasteiger partial charge in [0.2, 0.25) is 0 Å². The second kappa shape index (κ2) is 3.38. The van der Waals surface area contributed by atoms with Gasteiger partial charge in [0.05, 0.1) is 11.1 Å². The summed E-state index contributed by atoms with van der Waals surface area (Å²) in [6.07, 6.45) is 1.05. The first-order chi connectivity index (χ1) is 5.79. The van der Waals surface area contributed by atoms with E-state index in [-0.39, 0.29) is 0 Å². The Hall–Kier alpha value is -0.0200. The van der Waals surface area contributed by atoms with E-state index in [0.29, 0.717) is 4.83 Å². The molecule has 3 heteroatoms. The molecule has 0 saturated heterocycles. The normalized spacial score (nSPS) is 21.3. The molecule has 0 aromatic heterocycles. The van der Waals surface area contributed by atoms with E-state index < -0.39 is 0 Å². The summed E-state index contributed by atoms with van der Waals surface area (Å²) in [5, 5.41) is 0. The number of hydrogen-bond acceptors (Lipinski definition) is 1. The zero-order chi connectivity index (χ0) is 8.55. The van der Waals surface area contributed by atoms with Gasteiger partial charge in [-0.3, -0.25) is 0 Å². The van der Waals surface area contributed by atoms with Gasteiger partial charge in [0.1, 0.15) is 5.75 Å². The molecular weight excluding hydrogens is 284 g/mol. The van der Waals surface area contributed by atoms with Crippen LogP contribution in [0, 0.1) is 0 Å². The van der Waals surface area contributed by atoms with E-state index in [2.05, 4.69) is 37.9 Å². The molecule has 0 aliphatic carbocycles. The summed E-state index contributed by atoms with van der Waals surface area (Å²) in [6, 6.07) is 6.13. The van der Waals surface area contributed by atoms with Crippen LogP contribution in [0.25, 0.3) is 0 Å². The summed E-state index contributed by atoms with van der Waals surface area (Å²) in [5.74, 6) is 0.991. The van der Waals surface area contributed by atoms with Gasteiger partial charge in [-0.1, -0.05) is 28.1 Å². The molecule has 0 bridgehead atoms. The number of ether oxygens (including phenoxy) is 1. The number of alkyl halides is 1. The van der Waals surface area contributed by atoms with Gasteiger partial charge in [0.15, 0.2) is 0 Å². The maximum Gasteiger partial charge on any atom is 0.137 e. The Morgan fingerprint density at radius 3 is 3.00 bits per heavy atom. The number of rotatable bonds is 0. The molecule has 64 valence electrons. The van der Waals surface area contributed by atoms with Gasteiger partial charge in [-0.15, -0.1) is 0 Å². The Morgan fingerprint density at radius 2 is 2.25 bits per heavy atom. The van der Waals surface area contributed by atoms with E-state index in [9.17, 15) is 0 Å². The van der Waals surface area contributed by atoms with Gasteiger partial charge in [-0.25, -0.2) is 0 Å². The molecule has 1 heterocycles. The topological polar surface area (TPSA) is 9.23 Å². The second-order valence-electron chi connectivity index (χ2n) is 2.76. The highest BCUT2D eigenvalue weighted by molar-refractivity contribution is 9.10. The SMILES string of the molecule is Brc1cccc2c1OCCC2Br. The highest BCUT2D eigenvalue weighted by Gasteiger charge is 2.20. The average Bonchev–Trinajstić information content (AvgIpc) is 2.07. The first-order valence-corrected chi connectivity index (χ1v) is 5.55. The van der Waals surface area contributed by atoms with Crippen LogP contribution < -0.4 is 4.74 Å². The van der Waals surface area contributed by atoms with E-state index in [4.69, 9.17) is 4.74 Å². The molecule has 12 heavy (non-hydrogen) atoms. The third-order valence-corrected chi connectivity index (χ3v) is 3.53. The number of halogens is 2. The highest BCUT2D eigenvalue weighted by Crippen LogP contribution is 2.41. The van der Waals surface area contributed by atoms with Crippen LogP contribution in [-0.4, -0.2) is 6.61 Å². The number of fused-ring (bicyclic) bond motifs is 1. The fraction of sp³-hybridized carbons (Fsp3) is 0.333. The molecule has 1 aromatic carbocycles. The summed E-state index contributed by atoms with van der Waals surface area (Å²) in [6.45, 7) is 0.797. The predicted molar refractivity (Wildman–Crippen MR) is 55.9 cm³/mol. The molecule has 0 radical (unpaired) electrons. The number of para-hydroxylation sites is 1. The van der Waals surface area contributed by atoms with Gasteiger partial charge in [0.25, 0.3) is 0 Å². The molecule has 0 spiro atoms. The maximum atomic E-state index is 5.55. The first kappa shape index (κ1) is 8.57. The van der Waals surface area contributed by atoms with Crippen molar-refractivity contribution in [3.05, 3.63) is 28.2 Å². The summed E-state index contributed by atoms with van der Waals surface area (Å²) in [5.41, 5.74) is 1.25. The molecule has 1 aliphatic rings. The van der Waals surface area contributed by atoms with E-state index in [1.165, 1.54) is 5.56 Å². The third kappa shape index (κ3) is 1.40. The lowest BCUT2D eigenvalue weighted by atomic mass is 10.1. The lowest BCUT2D eigenvalue weighted by Gasteiger charge is -2.22. The number of benzene rings is 1. The van der Waals surface area contributed by atoms with Crippen LogP contribution in [0.1, 0.15) is 16.8 Å². The van der Waals surface area contributed by atoms with Crippen LogP contribution in [0.3, 0.4) is 0 Å². The van der Waals surface area contributed by atoms with Crippen LogP contribution in [-0.2, 0) is 0 Å². The lowest BCUT2D eigenvalue weighted by Crippen LogP contribution is -2.10. The largest absolute Gasteiger partial charge is 0.492 e. The van der Waals surface area contributed by atoms with Crippen LogP contribution in [0.4, 0.5) is 0 Å². The Morgan fingerprint density at radius 1 is 1.42 bits per heavy atom.